The van der Waals surface area contributed by atoms with Crippen LogP contribution in [-0.4, -0.2) is 243 Å². The SMILES string of the molecule is CCOC(=O)c1c(C)n([C@H](C)C2CCC(N3CC(OC(F)F)C3)CC2)c2ncccc12.CCOC(=O)c1c(C)n([C@H](C)C2CCC(N3CC(OC(F)F)C3)CC2)c2ncccc12.Cc1c(C(=O)O)c2cccnc2n1[C@H](C)C1CCC(N2CC(OC(F)F)C2)CC1.Cc1c(C(=O)O)c2cccnc2n1[C@H](C)C1CCC(N2CC(OC(F)F)C2)CC1.II(I)I.II(I)I.I[I-]I(I)I.I[I-]I(I)I.[Na+].[Na+].[OH-].[OH-]. The summed E-state index contributed by atoms with van der Waals surface area (Å²) < 4.78 is 136. The van der Waals surface area contributed by atoms with E-state index in [9.17, 15) is 64.5 Å². The molecule has 4 saturated carbocycles. The molecule has 8 aliphatic rings. The van der Waals surface area contributed by atoms with E-state index < -0.39 is 38.4 Å². The fraction of sp³-hybridized carbons (Fsp3) is 0.636. The zero-order valence-electron chi connectivity index (χ0n) is 79.9. The summed E-state index contributed by atoms with van der Waals surface area (Å²) in [5.74, 6) is -0.648. The van der Waals surface area contributed by atoms with Crippen LogP contribution in [0, 0.1) is 51.4 Å². The van der Waals surface area contributed by atoms with Crippen LogP contribution in [0.5, 0.6) is 0 Å². The summed E-state index contributed by atoms with van der Waals surface area (Å²) in [6.45, 7) is 14.7. The van der Waals surface area contributed by atoms with Gasteiger partial charge in [0.1, 0.15) is 22.6 Å². The minimum absolute atomic E-state index is 0. The smallest absolute Gasteiger partial charge is 0.870 e. The van der Waals surface area contributed by atoms with Crippen LogP contribution in [0.4, 0.5) is 35.1 Å². The number of esters is 2. The van der Waals surface area contributed by atoms with Crippen molar-refractivity contribution < 1.29 is 190 Å². The molecule has 0 bridgehead atoms. The van der Waals surface area contributed by atoms with Gasteiger partial charge in [0.25, 0.3) is 0 Å². The molecular weight excluding hydrogens is 3930 g/mol. The Morgan fingerprint density at radius 1 is 0.366 bits per heavy atom. The topological polar surface area (TPSA) is 308 Å². The molecule has 8 aromatic heterocycles. The number of carboxylic acids is 2. The van der Waals surface area contributed by atoms with E-state index in [4.69, 9.17) is 9.47 Å². The van der Waals surface area contributed by atoms with Gasteiger partial charge in [-0.25, -0.2) is 39.1 Å². The monoisotopic (exact) mass is 4050 g/mol. The number of hydrogen-bond donors (Lipinski definition) is 2. The molecule has 4 atom stereocenters. The van der Waals surface area contributed by atoms with E-state index >= 15 is 0 Å². The predicted octanol–water partition coefficient (Wildman–Crippen LogP) is 19.1. The number of likely N-dealkylation sites (tertiary alicyclic amines) is 4. The molecule has 4 aliphatic heterocycles. The van der Waals surface area contributed by atoms with Crippen LogP contribution in [0.2, 0.25) is 0 Å². The van der Waals surface area contributed by atoms with Crippen molar-refractivity contribution in [2.45, 2.75) is 271 Å². The molecule has 0 spiro atoms. The second-order valence-electron chi connectivity index (χ2n) is 34.8. The van der Waals surface area contributed by atoms with Crippen LogP contribution in [0.1, 0.15) is 233 Å². The molecule has 8 aromatic rings. The number of alkyl halides is 8. The number of carbonyl (C=O) groups excluding carboxylic acids is 2. The minimum atomic E-state index is -2.69. The molecule has 8 fully saturated rings. The number of rotatable bonds is 28. The first-order valence-electron chi connectivity index (χ1n) is 44.9. The Balaban J connectivity index is 0.000000312. The zero-order valence-corrected chi connectivity index (χ0v) is 123. The van der Waals surface area contributed by atoms with E-state index in [-0.39, 0.29) is 162 Å². The van der Waals surface area contributed by atoms with Crippen LogP contribution in [-0.2, 0) is 28.4 Å². The molecule has 12 heterocycles. The Bertz CT molecular complexity index is 4840. The maximum absolute atomic E-state index is 12.6. The van der Waals surface area contributed by atoms with Gasteiger partial charge in [-0.1, -0.05) is 0 Å². The number of fused-ring (bicyclic) bond motifs is 4. The average Bonchev–Trinajstić information content (AvgIpc) is 1.62. The van der Waals surface area contributed by atoms with E-state index in [1.165, 1.54) is 0 Å². The van der Waals surface area contributed by atoms with Gasteiger partial charge in [-0.2, -0.15) is 35.1 Å². The third-order valence-corrected chi connectivity index (χ3v) is 193. The van der Waals surface area contributed by atoms with Gasteiger partial charge in [0, 0.05) is 170 Å². The van der Waals surface area contributed by atoms with Crippen molar-refractivity contribution in [2.75, 3.05) is 65.6 Å². The molecule has 0 amide bonds. The predicted molar refractivity (Wildman–Crippen MR) is 664 cm³/mol. The first-order valence-corrected chi connectivity index (χ1v) is 133. The zero-order chi connectivity index (χ0) is 101. The Labute approximate surface area is 1030 Å². The van der Waals surface area contributed by atoms with Crippen molar-refractivity contribution in [2.24, 2.45) is 23.7 Å². The summed E-state index contributed by atoms with van der Waals surface area (Å²) in [4.78, 5) is 76.0. The van der Waals surface area contributed by atoms with Gasteiger partial charge in [-0.3, -0.25) is 19.6 Å². The largest absolute Gasteiger partial charge is 1.00 e. The summed E-state index contributed by atoms with van der Waals surface area (Å²) in [6.07, 6.45) is 22.2. The minimum Gasteiger partial charge on any atom is -0.870 e. The normalized spacial score (nSPS) is 22.0. The van der Waals surface area contributed by atoms with Crippen LogP contribution < -0.4 is 85.6 Å². The number of hydrogen-bond acceptors (Lipinski definition) is 20. The van der Waals surface area contributed by atoms with Crippen molar-refractivity contribution >= 4 is 323 Å². The fourth-order valence-corrected chi connectivity index (χ4v) is 21.1. The maximum atomic E-state index is 12.6. The van der Waals surface area contributed by atoms with Crippen molar-refractivity contribution in [3.8, 4) is 0 Å². The number of aromatic carboxylic acids is 2. The van der Waals surface area contributed by atoms with Gasteiger partial charge < -0.3 is 67.9 Å². The molecule has 0 radical (unpaired) electrons. The summed E-state index contributed by atoms with van der Waals surface area (Å²) in [5.41, 5.74) is 8.28. The number of carboxylic acid groups (broad SMARTS) is 2. The van der Waals surface area contributed by atoms with E-state index in [0.717, 1.165) is 159 Å². The van der Waals surface area contributed by atoms with E-state index in [1.54, 1.807) is 36.9 Å². The van der Waals surface area contributed by atoms with Gasteiger partial charge in [0.15, 0.2) is 0 Å². The molecule has 26 nitrogen and oxygen atoms in total. The molecule has 4 aliphatic carbocycles. The maximum Gasteiger partial charge on any atom is 1.00 e. The van der Waals surface area contributed by atoms with Crippen molar-refractivity contribution in [3.05, 3.63) is 118 Å². The van der Waals surface area contributed by atoms with Gasteiger partial charge in [-0.15, -0.1) is 0 Å². The number of carbonyl (C=O) groups is 4. The van der Waals surface area contributed by atoms with Gasteiger partial charge in [-0.05, 0) is 244 Å². The van der Waals surface area contributed by atoms with E-state index in [1.807, 2.05) is 77.9 Å². The Kier molecular flexibility index (Phi) is 69.0. The second kappa shape index (κ2) is 70.4. The number of halogens is 26. The Hall–Kier alpha value is 6.82. The molecule has 0 unspecified atom stereocenters. The summed E-state index contributed by atoms with van der Waals surface area (Å²) in [7, 11) is -1.20. The van der Waals surface area contributed by atoms with Crippen molar-refractivity contribution in [1.82, 2.24) is 57.8 Å². The third-order valence-electron chi connectivity index (χ3n) is 27.6. The first kappa shape index (κ1) is 139. The van der Waals surface area contributed by atoms with Gasteiger partial charge >= 0.3 is 391 Å². The van der Waals surface area contributed by atoms with E-state index in [2.05, 4.69) is 328 Å². The fourth-order valence-electron chi connectivity index (χ4n) is 21.1. The molecule has 4 saturated heterocycles. The molecule has 54 heteroatoms. The van der Waals surface area contributed by atoms with Crippen LogP contribution in [0.15, 0.2) is 73.3 Å². The molecule has 16 rings (SSSR count). The Morgan fingerprint density at radius 3 is 0.704 bits per heavy atom. The Morgan fingerprint density at radius 2 is 0.542 bits per heavy atom. The molecule has 0 aromatic carbocycles. The first-order chi connectivity index (χ1) is 65.5. The third kappa shape index (κ3) is 40.7. The summed E-state index contributed by atoms with van der Waals surface area (Å²) >= 11 is 31.6. The van der Waals surface area contributed by atoms with Crippen LogP contribution >= 0.6 is 255 Å². The van der Waals surface area contributed by atoms with Gasteiger partial charge in [0.05, 0.1) is 59.9 Å². The molecule has 142 heavy (non-hydrogen) atoms. The van der Waals surface area contributed by atoms with Gasteiger partial charge in [0.2, 0.25) is 0 Å². The van der Waals surface area contributed by atoms with E-state index in [0.29, 0.717) is 173 Å². The molecule has 4 N–H and O–H groups in total. The van der Waals surface area contributed by atoms with Crippen molar-refractivity contribution in [1.29, 1.82) is 0 Å². The second-order valence-corrected chi connectivity index (χ2v) is 262. The molecular formula is C88H118F8I18N12Na2O14-2. The van der Waals surface area contributed by atoms with Crippen LogP contribution in [0.25, 0.3) is 44.1 Å². The number of ether oxygens (including phenoxy) is 6. The standard InChI is InChI=1S/2C23H31F2N3O3.2C21H27F2N3O3.2I5.2I4.2Na.2H2O/c2*1-4-30-22(29)20-15(3)28(21-19(20)6-5-11-26-21)14(2)16-7-9-17(10-8-16)27-12-18(13-27)31-23(24)25;2*1-12(26-13(2)18(20(27)28)17-4-3-9-24-19(17)26)14-5-7-15(8-6-14)25-10-16(11-25)29-21(22)23;2*1-4-5(2)3;2*1-4(2)3;;;;/h2*5-6,11,14,16-18,23H,4,7-10,12-13H2,1-3H3;2*3-4,9,12,14-16,21H,5-8,10-11H2,1-2H3,(H,27,28);;;;;;;2*1H2/q;;;;2*-1;;;2*+1;;/p-2/t2*14-,16?,17?;2*12-,14?,15?;;;;;;;;/m1111......../s1. The summed E-state index contributed by atoms with van der Waals surface area (Å²) in [6, 6.07) is 17.2. The quantitative estimate of drug-likeness (QED) is 0.0199. The van der Waals surface area contributed by atoms with Crippen LogP contribution in [0.3, 0.4) is 0 Å². The summed E-state index contributed by atoms with van der Waals surface area (Å²) in [5, 5.41) is 22.4. The number of pyridine rings is 4. The number of aromatic nitrogens is 8. The number of nitrogens with zero attached hydrogens (tertiary/aromatic N) is 12. The average molecular weight is 4050 g/mol. The van der Waals surface area contributed by atoms with Crippen molar-refractivity contribution in [3.63, 3.8) is 0 Å². The molecule has 800 valence electrons.